The molecule has 1 aromatic carbocycles. The fraction of sp³-hybridized carbons (Fsp3) is 0.429. The minimum atomic E-state index is -0.270. The van der Waals surface area contributed by atoms with E-state index < -0.39 is 0 Å². The molecule has 0 aliphatic carbocycles. The molecular formula is C21H28ClN3O2S. The van der Waals surface area contributed by atoms with Gasteiger partial charge in [-0.15, -0.1) is 23.7 Å². The molecule has 28 heavy (non-hydrogen) atoms. The summed E-state index contributed by atoms with van der Waals surface area (Å²) in [4.78, 5) is 27.7. The van der Waals surface area contributed by atoms with Gasteiger partial charge in [-0.2, -0.15) is 0 Å². The van der Waals surface area contributed by atoms with Crippen molar-refractivity contribution in [2.45, 2.75) is 38.8 Å². The van der Waals surface area contributed by atoms with Crippen LogP contribution in [0.25, 0.3) is 0 Å². The predicted octanol–water partition coefficient (Wildman–Crippen LogP) is 3.47. The average molecular weight is 422 g/mol. The fourth-order valence-electron chi connectivity index (χ4n) is 3.53. The first kappa shape index (κ1) is 22.4. The zero-order valence-corrected chi connectivity index (χ0v) is 17.9. The van der Waals surface area contributed by atoms with Crippen molar-refractivity contribution in [3.63, 3.8) is 0 Å². The number of hydrogen-bond donors (Lipinski definition) is 2. The van der Waals surface area contributed by atoms with Gasteiger partial charge < -0.3 is 15.5 Å². The molecule has 1 aromatic heterocycles. The van der Waals surface area contributed by atoms with Gasteiger partial charge in [0.15, 0.2) is 0 Å². The van der Waals surface area contributed by atoms with Gasteiger partial charge in [-0.05, 0) is 29.0 Å². The quantitative estimate of drug-likeness (QED) is 0.750. The summed E-state index contributed by atoms with van der Waals surface area (Å²) >= 11 is 1.57. The molecule has 1 aliphatic heterocycles. The Morgan fingerprint density at radius 1 is 1.29 bits per heavy atom. The molecule has 7 heteroatoms. The number of carbonyl (C=O) groups excluding carboxylic acids is 2. The van der Waals surface area contributed by atoms with Crippen molar-refractivity contribution in [1.29, 1.82) is 0 Å². The van der Waals surface area contributed by atoms with E-state index in [2.05, 4.69) is 41.8 Å². The fourth-order valence-corrected chi connectivity index (χ4v) is 4.30. The Morgan fingerprint density at radius 2 is 2.04 bits per heavy atom. The minimum Gasteiger partial charge on any atom is -0.348 e. The van der Waals surface area contributed by atoms with E-state index in [1.807, 2.05) is 22.4 Å². The van der Waals surface area contributed by atoms with Crippen LogP contribution in [0.5, 0.6) is 0 Å². The van der Waals surface area contributed by atoms with Gasteiger partial charge in [-0.25, -0.2) is 0 Å². The molecule has 1 saturated heterocycles. The van der Waals surface area contributed by atoms with Crippen molar-refractivity contribution in [3.8, 4) is 0 Å². The van der Waals surface area contributed by atoms with Crippen molar-refractivity contribution in [3.05, 3.63) is 57.8 Å². The molecule has 0 saturated carbocycles. The highest BCUT2D eigenvalue weighted by Crippen LogP contribution is 2.27. The largest absolute Gasteiger partial charge is 0.348 e. The third kappa shape index (κ3) is 5.56. The number of aryl methyl sites for hydroxylation is 1. The third-order valence-corrected chi connectivity index (χ3v) is 5.97. The first-order valence-electron chi connectivity index (χ1n) is 9.48. The smallest absolute Gasteiger partial charge is 0.225 e. The van der Waals surface area contributed by atoms with Gasteiger partial charge in [-0.1, -0.05) is 37.3 Å². The van der Waals surface area contributed by atoms with Gasteiger partial charge in [0.25, 0.3) is 0 Å². The lowest BCUT2D eigenvalue weighted by Gasteiger charge is -2.37. The number of amides is 2. The lowest BCUT2D eigenvalue weighted by Crippen LogP contribution is -2.49. The SMILES string of the molecule is CCc1ccc(C2CNCCN2C(=O)CC(NC(C)=O)c2cccs2)cc1.Cl. The molecule has 3 rings (SSSR count). The van der Waals surface area contributed by atoms with E-state index >= 15 is 0 Å². The molecule has 0 radical (unpaired) electrons. The van der Waals surface area contributed by atoms with Gasteiger partial charge in [-0.3, -0.25) is 9.59 Å². The Hall–Kier alpha value is -1.89. The summed E-state index contributed by atoms with van der Waals surface area (Å²) in [6.07, 6.45) is 1.29. The summed E-state index contributed by atoms with van der Waals surface area (Å²) in [5.74, 6) is -0.0403. The number of nitrogens with zero attached hydrogens (tertiary/aromatic N) is 1. The second-order valence-corrected chi connectivity index (χ2v) is 7.85. The first-order valence-corrected chi connectivity index (χ1v) is 10.4. The minimum absolute atomic E-state index is 0. The van der Waals surface area contributed by atoms with Crippen LogP contribution in [0.4, 0.5) is 0 Å². The molecule has 5 nitrogen and oxygen atoms in total. The van der Waals surface area contributed by atoms with Crippen molar-refractivity contribution in [1.82, 2.24) is 15.5 Å². The Balaban J connectivity index is 0.00000280. The summed E-state index contributed by atoms with van der Waals surface area (Å²) in [6, 6.07) is 12.2. The maximum Gasteiger partial charge on any atom is 0.225 e. The van der Waals surface area contributed by atoms with Crippen molar-refractivity contribution < 1.29 is 9.59 Å². The number of rotatable bonds is 6. The van der Waals surface area contributed by atoms with Crippen LogP contribution >= 0.6 is 23.7 Å². The average Bonchev–Trinajstić information content (AvgIpc) is 3.22. The maximum absolute atomic E-state index is 13.1. The van der Waals surface area contributed by atoms with E-state index in [0.717, 1.165) is 30.0 Å². The van der Waals surface area contributed by atoms with Crippen LogP contribution in [0.1, 0.15) is 48.4 Å². The zero-order valence-electron chi connectivity index (χ0n) is 16.3. The lowest BCUT2D eigenvalue weighted by molar-refractivity contribution is -0.135. The summed E-state index contributed by atoms with van der Waals surface area (Å²) in [7, 11) is 0. The molecule has 2 amide bonds. The van der Waals surface area contributed by atoms with E-state index in [1.54, 1.807) is 11.3 Å². The standard InChI is InChI=1S/C21H27N3O2S.ClH/c1-3-16-6-8-17(9-7-16)19-14-22-10-11-24(19)21(26)13-18(23-15(2)25)20-5-4-12-27-20;/h4-9,12,18-19,22H,3,10-11,13-14H2,1-2H3,(H,23,25);1H. The van der Waals surface area contributed by atoms with Crippen molar-refractivity contribution >= 4 is 35.6 Å². The van der Waals surface area contributed by atoms with Crippen molar-refractivity contribution in [2.24, 2.45) is 0 Å². The van der Waals surface area contributed by atoms with Gasteiger partial charge in [0.1, 0.15) is 0 Å². The summed E-state index contributed by atoms with van der Waals surface area (Å²) in [5, 5.41) is 8.30. The topological polar surface area (TPSA) is 61.4 Å². The van der Waals surface area contributed by atoms with Crippen LogP contribution in [0.2, 0.25) is 0 Å². The Labute approximate surface area is 176 Å². The van der Waals surface area contributed by atoms with E-state index in [4.69, 9.17) is 0 Å². The van der Waals surface area contributed by atoms with Gasteiger partial charge in [0.2, 0.25) is 11.8 Å². The molecule has 2 unspecified atom stereocenters. The Bertz CT molecular complexity index is 764. The van der Waals surface area contributed by atoms with E-state index in [1.165, 1.54) is 12.5 Å². The normalized spacial score (nSPS) is 17.5. The summed E-state index contributed by atoms with van der Waals surface area (Å²) in [5.41, 5.74) is 2.45. The molecule has 2 heterocycles. The number of benzene rings is 1. The number of carbonyl (C=O) groups is 2. The molecule has 2 aromatic rings. The molecule has 0 bridgehead atoms. The number of piperazine rings is 1. The highest BCUT2D eigenvalue weighted by Gasteiger charge is 2.30. The summed E-state index contributed by atoms with van der Waals surface area (Å²) in [6.45, 7) is 5.85. The lowest BCUT2D eigenvalue weighted by atomic mass is 10.00. The monoisotopic (exact) mass is 421 g/mol. The van der Waals surface area contributed by atoms with Crippen LogP contribution in [0.15, 0.2) is 41.8 Å². The molecule has 1 fully saturated rings. The van der Waals surface area contributed by atoms with Crippen molar-refractivity contribution in [2.75, 3.05) is 19.6 Å². The molecule has 2 N–H and O–H groups in total. The van der Waals surface area contributed by atoms with Gasteiger partial charge in [0.05, 0.1) is 18.5 Å². The Morgan fingerprint density at radius 3 is 2.64 bits per heavy atom. The predicted molar refractivity (Wildman–Crippen MR) is 116 cm³/mol. The molecule has 1 aliphatic rings. The van der Waals surface area contributed by atoms with Crippen LogP contribution < -0.4 is 10.6 Å². The van der Waals surface area contributed by atoms with Crippen LogP contribution in [-0.4, -0.2) is 36.3 Å². The third-order valence-electron chi connectivity index (χ3n) is 4.98. The van der Waals surface area contributed by atoms with Crippen LogP contribution in [0, 0.1) is 0 Å². The molecule has 2 atom stereocenters. The number of nitrogens with one attached hydrogen (secondary N) is 2. The number of hydrogen-bond acceptors (Lipinski definition) is 4. The number of halogens is 1. The molecular weight excluding hydrogens is 394 g/mol. The van der Waals surface area contributed by atoms with Gasteiger partial charge >= 0.3 is 0 Å². The zero-order chi connectivity index (χ0) is 19.2. The molecule has 152 valence electrons. The number of thiophene rings is 1. The van der Waals surface area contributed by atoms with Crippen LogP contribution in [-0.2, 0) is 16.0 Å². The van der Waals surface area contributed by atoms with Gasteiger partial charge in [0, 0.05) is 31.4 Å². The molecule has 0 spiro atoms. The Kier molecular flexibility index (Phi) is 8.48. The second kappa shape index (κ2) is 10.6. The maximum atomic E-state index is 13.1. The highest BCUT2D eigenvalue weighted by molar-refractivity contribution is 7.10. The van der Waals surface area contributed by atoms with Crippen LogP contribution in [0.3, 0.4) is 0 Å². The highest BCUT2D eigenvalue weighted by atomic mass is 35.5. The van der Waals surface area contributed by atoms with E-state index in [9.17, 15) is 9.59 Å². The second-order valence-electron chi connectivity index (χ2n) is 6.87. The first-order chi connectivity index (χ1) is 13.1. The van der Waals surface area contributed by atoms with E-state index in [-0.39, 0.29) is 42.7 Å². The summed E-state index contributed by atoms with van der Waals surface area (Å²) < 4.78 is 0. The van der Waals surface area contributed by atoms with E-state index in [0.29, 0.717) is 6.54 Å².